The van der Waals surface area contributed by atoms with E-state index in [-0.39, 0.29) is 11.8 Å². The van der Waals surface area contributed by atoms with Crippen molar-refractivity contribution in [3.63, 3.8) is 0 Å². The number of imide groups is 1. The van der Waals surface area contributed by atoms with Crippen molar-refractivity contribution in [3.05, 3.63) is 0 Å². The average Bonchev–Trinajstić information content (AvgIpc) is 2.91. The first-order chi connectivity index (χ1) is 8.15. The number of rotatable bonds is 2. The number of likely N-dealkylation sites (tertiary alicyclic amines) is 1. The molecule has 4 nitrogen and oxygen atoms in total. The minimum atomic E-state index is -0.453. The molecule has 3 rings (SSSR count). The van der Waals surface area contributed by atoms with E-state index >= 15 is 0 Å². The Labute approximate surface area is 102 Å². The molecule has 94 valence electrons. The number of fused-ring (bicyclic) bond motifs is 2. The summed E-state index contributed by atoms with van der Waals surface area (Å²) in [5.41, 5.74) is 5.74. The van der Waals surface area contributed by atoms with Gasteiger partial charge in [-0.25, -0.2) is 0 Å². The third kappa shape index (κ3) is 1.88. The smallest absolute Gasteiger partial charge is 0.246 e. The van der Waals surface area contributed by atoms with Gasteiger partial charge in [-0.2, -0.15) is 0 Å². The van der Waals surface area contributed by atoms with Crippen LogP contribution in [-0.2, 0) is 9.59 Å². The highest BCUT2D eigenvalue weighted by Crippen LogP contribution is 2.48. The summed E-state index contributed by atoms with van der Waals surface area (Å²) in [6.07, 6.45) is 6.11. The first-order valence-electron chi connectivity index (χ1n) is 6.75. The second-order valence-electron chi connectivity index (χ2n) is 5.92. The average molecular weight is 236 g/mol. The summed E-state index contributed by atoms with van der Waals surface area (Å²) in [7, 11) is 0. The van der Waals surface area contributed by atoms with Gasteiger partial charge >= 0.3 is 0 Å². The molecule has 4 unspecified atom stereocenters. The Hall–Kier alpha value is -0.900. The van der Waals surface area contributed by atoms with Crippen LogP contribution in [0.15, 0.2) is 0 Å². The molecule has 0 radical (unpaired) electrons. The van der Waals surface area contributed by atoms with Crippen LogP contribution in [-0.4, -0.2) is 29.3 Å². The molecule has 3 aliphatic rings. The number of amides is 2. The summed E-state index contributed by atoms with van der Waals surface area (Å²) in [4.78, 5) is 25.1. The van der Waals surface area contributed by atoms with Crippen LogP contribution >= 0.6 is 0 Å². The van der Waals surface area contributed by atoms with E-state index < -0.39 is 6.04 Å². The van der Waals surface area contributed by atoms with Gasteiger partial charge in [0, 0.05) is 13.0 Å². The van der Waals surface area contributed by atoms with Crippen molar-refractivity contribution in [2.75, 3.05) is 6.54 Å². The molecule has 0 aromatic heterocycles. The molecule has 2 amide bonds. The van der Waals surface area contributed by atoms with Crippen LogP contribution in [0.25, 0.3) is 0 Å². The van der Waals surface area contributed by atoms with Crippen LogP contribution < -0.4 is 5.73 Å². The Bertz CT molecular complexity index is 355. The van der Waals surface area contributed by atoms with Crippen LogP contribution in [0, 0.1) is 17.8 Å². The second kappa shape index (κ2) is 4.09. The van der Waals surface area contributed by atoms with Gasteiger partial charge in [-0.1, -0.05) is 6.42 Å². The molecular weight excluding hydrogens is 216 g/mol. The fourth-order valence-electron chi connectivity index (χ4n) is 3.89. The molecule has 0 aromatic carbocycles. The lowest BCUT2D eigenvalue weighted by Gasteiger charge is -2.33. The molecular formula is C13H20N2O2. The van der Waals surface area contributed by atoms with Crippen LogP contribution in [0.5, 0.6) is 0 Å². The van der Waals surface area contributed by atoms with Crippen LogP contribution in [0.3, 0.4) is 0 Å². The van der Waals surface area contributed by atoms with E-state index in [0.717, 1.165) is 11.8 Å². The highest BCUT2D eigenvalue weighted by molar-refractivity contribution is 6.00. The molecule has 4 atom stereocenters. The van der Waals surface area contributed by atoms with E-state index in [1.54, 1.807) is 0 Å². The van der Waals surface area contributed by atoms with Crippen LogP contribution in [0.2, 0.25) is 0 Å². The van der Waals surface area contributed by atoms with Crippen LogP contribution in [0.4, 0.5) is 0 Å². The number of nitrogens with two attached hydrogens (primary N) is 1. The summed E-state index contributed by atoms with van der Waals surface area (Å²) >= 11 is 0. The lowest BCUT2D eigenvalue weighted by Crippen LogP contribution is -2.52. The minimum Gasteiger partial charge on any atom is -0.320 e. The lowest BCUT2D eigenvalue weighted by atomic mass is 9.88. The zero-order chi connectivity index (χ0) is 12.0. The number of carbonyl (C=O) groups is 2. The molecule has 4 heteroatoms. The zero-order valence-electron chi connectivity index (χ0n) is 10.1. The molecule has 2 aliphatic carbocycles. The van der Waals surface area contributed by atoms with Crippen LogP contribution in [0.1, 0.15) is 38.5 Å². The molecule has 3 fully saturated rings. The predicted octanol–water partition coefficient (Wildman–Crippen LogP) is 0.899. The maximum absolute atomic E-state index is 11.9. The number of carbonyl (C=O) groups excluding carboxylic acids is 2. The largest absolute Gasteiger partial charge is 0.320 e. The van der Waals surface area contributed by atoms with Crippen molar-refractivity contribution >= 4 is 11.8 Å². The van der Waals surface area contributed by atoms with Crippen molar-refractivity contribution in [2.45, 2.75) is 44.6 Å². The molecule has 2 N–H and O–H groups in total. The van der Waals surface area contributed by atoms with E-state index in [9.17, 15) is 9.59 Å². The number of nitrogens with zero attached hydrogens (tertiary/aromatic N) is 1. The van der Waals surface area contributed by atoms with Crippen molar-refractivity contribution < 1.29 is 9.59 Å². The van der Waals surface area contributed by atoms with Crippen molar-refractivity contribution in [1.29, 1.82) is 0 Å². The monoisotopic (exact) mass is 236 g/mol. The quantitative estimate of drug-likeness (QED) is 0.724. The highest BCUT2D eigenvalue weighted by Gasteiger charge is 2.42. The predicted molar refractivity (Wildman–Crippen MR) is 62.9 cm³/mol. The normalized spacial score (nSPS) is 41.4. The molecule has 2 saturated carbocycles. The molecule has 1 aliphatic heterocycles. The first-order valence-corrected chi connectivity index (χ1v) is 6.75. The first kappa shape index (κ1) is 11.2. The minimum absolute atomic E-state index is 0.0144. The van der Waals surface area contributed by atoms with Gasteiger partial charge < -0.3 is 5.73 Å². The molecule has 1 saturated heterocycles. The van der Waals surface area contributed by atoms with Crippen molar-refractivity contribution in [3.8, 4) is 0 Å². The van der Waals surface area contributed by atoms with E-state index in [1.165, 1.54) is 30.6 Å². The van der Waals surface area contributed by atoms with Gasteiger partial charge in [0.1, 0.15) is 0 Å². The van der Waals surface area contributed by atoms with Gasteiger partial charge in [0.2, 0.25) is 11.8 Å². The Balaban J connectivity index is 1.67. The van der Waals surface area contributed by atoms with Gasteiger partial charge in [-0.05, 0) is 43.4 Å². The topological polar surface area (TPSA) is 63.4 Å². The fourth-order valence-corrected chi connectivity index (χ4v) is 3.89. The molecule has 0 spiro atoms. The highest BCUT2D eigenvalue weighted by atomic mass is 16.2. The summed E-state index contributed by atoms with van der Waals surface area (Å²) < 4.78 is 0. The van der Waals surface area contributed by atoms with Gasteiger partial charge in [-0.15, -0.1) is 0 Å². The third-order valence-corrected chi connectivity index (χ3v) is 4.86. The summed E-state index contributed by atoms with van der Waals surface area (Å²) in [5, 5.41) is 0. The van der Waals surface area contributed by atoms with Crippen molar-refractivity contribution in [2.24, 2.45) is 23.5 Å². The maximum atomic E-state index is 11.9. The van der Waals surface area contributed by atoms with Gasteiger partial charge in [0.05, 0.1) is 6.04 Å². The van der Waals surface area contributed by atoms with E-state index in [1.807, 2.05) is 0 Å². The van der Waals surface area contributed by atoms with Gasteiger partial charge in [0.15, 0.2) is 0 Å². The summed E-state index contributed by atoms with van der Waals surface area (Å²) in [6.45, 7) is 0.631. The Morgan fingerprint density at radius 3 is 2.65 bits per heavy atom. The Morgan fingerprint density at radius 1 is 1.18 bits per heavy atom. The second-order valence-corrected chi connectivity index (χ2v) is 5.92. The summed E-state index contributed by atoms with van der Waals surface area (Å²) in [6, 6.07) is -0.453. The van der Waals surface area contributed by atoms with E-state index in [4.69, 9.17) is 5.73 Å². The number of piperidine rings is 1. The SMILES string of the molecule is NC1CCC(=O)N(CC2CC3CCC2C3)C1=O. The summed E-state index contributed by atoms with van der Waals surface area (Å²) in [5.74, 6) is 1.99. The lowest BCUT2D eigenvalue weighted by molar-refractivity contribution is -0.150. The Morgan fingerprint density at radius 2 is 2.00 bits per heavy atom. The number of hydrogen-bond donors (Lipinski definition) is 1. The van der Waals surface area contributed by atoms with Gasteiger partial charge in [0.25, 0.3) is 0 Å². The zero-order valence-corrected chi connectivity index (χ0v) is 10.1. The molecule has 2 bridgehead atoms. The fraction of sp³-hybridized carbons (Fsp3) is 0.846. The molecule has 0 aromatic rings. The number of hydrogen-bond acceptors (Lipinski definition) is 3. The van der Waals surface area contributed by atoms with E-state index in [2.05, 4.69) is 0 Å². The molecule has 17 heavy (non-hydrogen) atoms. The Kier molecular flexibility index (Phi) is 2.69. The van der Waals surface area contributed by atoms with Gasteiger partial charge in [-0.3, -0.25) is 14.5 Å². The third-order valence-electron chi connectivity index (χ3n) is 4.86. The molecule has 1 heterocycles. The standard InChI is InChI=1S/C13H20N2O2/c14-11-3-4-12(16)15(13(11)17)7-10-6-8-1-2-9(10)5-8/h8-11H,1-7,14H2. The maximum Gasteiger partial charge on any atom is 0.246 e. The van der Waals surface area contributed by atoms with E-state index in [0.29, 0.717) is 25.3 Å². The van der Waals surface area contributed by atoms with Crippen molar-refractivity contribution in [1.82, 2.24) is 4.90 Å².